The van der Waals surface area contributed by atoms with Crippen molar-refractivity contribution >= 4 is 11.9 Å². The molecule has 0 unspecified atom stereocenters. The number of benzene rings is 1. The zero-order chi connectivity index (χ0) is 10.8. The summed E-state index contributed by atoms with van der Waals surface area (Å²) in [5.41, 5.74) is 0.558. The lowest BCUT2D eigenvalue weighted by Gasteiger charge is -2.15. The first-order valence-corrected chi connectivity index (χ1v) is 4.51. The van der Waals surface area contributed by atoms with E-state index in [0.29, 0.717) is 24.5 Å². The quantitative estimate of drug-likeness (QED) is 0.725. The molecule has 0 aliphatic carbocycles. The predicted octanol–water partition coefficient (Wildman–Crippen LogP) is 0.500. The largest absolute Gasteiger partial charge is 0.872 e. The van der Waals surface area contributed by atoms with Gasteiger partial charge in [0.2, 0.25) is 0 Å². The number of carbonyl (C=O) groups is 1. The Bertz CT molecular complexity index is 428. The molecule has 1 aliphatic heterocycles. The molecule has 78 valence electrons. The zero-order valence-electron chi connectivity index (χ0n) is 7.88. The summed E-state index contributed by atoms with van der Waals surface area (Å²) >= 11 is 0. The number of carboxylic acid groups (broad SMARTS) is 1. The van der Waals surface area contributed by atoms with Crippen LogP contribution in [0.25, 0.3) is 0 Å². The van der Waals surface area contributed by atoms with Gasteiger partial charge in [-0.25, -0.2) is 4.79 Å². The molecule has 0 aromatic heterocycles. The van der Waals surface area contributed by atoms with Crippen molar-refractivity contribution in [1.82, 2.24) is 4.90 Å². The van der Waals surface area contributed by atoms with Crippen LogP contribution in [0.5, 0.6) is 5.75 Å². The van der Waals surface area contributed by atoms with Gasteiger partial charge in [-0.3, -0.25) is 9.89 Å². The topological polar surface area (TPSA) is 76.0 Å². The van der Waals surface area contributed by atoms with E-state index in [-0.39, 0.29) is 5.75 Å². The van der Waals surface area contributed by atoms with Gasteiger partial charge in [0.05, 0.1) is 13.1 Å². The molecule has 1 amide bonds. The summed E-state index contributed by atoms with van der Waals surface area (Å²) in [5.74, 6) is 0.215. The number of nitrogens with zero attached hydrogens (tertiary/aromatic N) is 2. The molecule has 15 heavy (non-hydrogen) atoms. The maximum atomic E-state index is 11.1. The van der Waals surface area contributed by atoms with Crippen LogP contribution in [0, 0.1) is 0 Å². The molecule has 1 heterocycles. The number of hydrogen-bond donors (Lipinski definition) is 1. The molecule has 0 fully saturated rings. The average Bonchev–Trinajstić information content (AvgIpc) is 2.65. The monoisotopic (exact) mass is 205 g/mol. The minimum absolute atomic E-state index is 0.146. The summed E-state index contributed by atoms with van der Waals surface area (Å²) < 4.78 is 0. The van der Waals surface area contributed by atoms with E-state index in [1.807, 2.05) is 0 Å². The highest BCUT2D eigenvalue weighted by molar-refractivity contribution is 6.07. The Morgan fingerprint density at radius 1 is 1.53 bits per heavy atom. The van der Waals surface area contributed by atoms with Gasteiger partial charge in [0.15, 0.2) is 0 Å². The Labute approximate surface area is 86.3 Å². The minimum atomic E-state index is -1.04. The second kappa shape index (κ2) is 3.61. The maximum absolute atomic E-state index is 11.1. The summed E-state index contributed by atoms with van der Waals surface area (Å²) in [4.78, 5) is 16.1. The van der Waals surface area contributed by atoms with Crippen LogP contribution in [-0.2, 0) is 0 Å². The third-order valence-electron chi connectivity index (χ3n) is 2.16. The summed E-state index contributed by atoms with van der Waals surface area (Å²) in [7, 11) is 0. The highest BCUT2D eigenvalue weighted by Crippen LogP contribution is 2.14. The number of amides is 1. The van der Waals surface area contributed by atoms with E-state index in [0.717, 1.165) is 4.90 Å². The normalized spacial score (nSPS) is 15.2. The molecule has 5 nitrogen and oxygen atoms in total. The summed E-state index contributed by atoms with van der Waals surface area (Å²) in [5, 5.41) is 20.0. The fourth-order valence-corrected chi connectivity index (χ4v) is 1.52. The number of hydrogen-bond acceptors (Lipinski definition) is 3. The molecular weight excluding hydrogens is 196 g/mol. The lowest BCUT2D eigenvalue weighted by molar-refractivity contribution is -0.268. The highest BCUT2D eigenvalue weighted by Gasteiger charge is 2.23. The van der Waals surface area contributed by atoms with Crippen LogP contribution < -0.4 is 5.11 Å². The Hall–Kier alpha value is -2.04. The van der Waals surface area contributed by atoms with Gasteiger partial charge in [-0.1, -0.05) is 24.3 Å². The van der Waals surface area contributed by atoms with Gasteiger partial charge in [0.25, 0.3) is 0 Å². The van der Waals surface area contributed by atoms with Crippen molar-refractivity contribution in [3.63, 3.8) is 0 Å². The molecule has 1 aliphatic rings. The fourth-order valence-electron chi connectivity index (χ4n) is 1.52. The molecule has 5 heteroatoms. The SMILES string of the molecule is O=C(O)N1CCN=C1c1cccc([O-])c1. The molecule has 2 rings (SSSR count). The van der Waals surface area contributed by atoms with Gasteiger partial charge in [0.1, 0.15) is 5.84 Å². The van der Waals surface area contributed by atoms with Crippen LogP contribution >= 0.6 is 0 Å². The van der Waals surface area contributed by atoms with E-state index < -0.39 is 6.09 Å². The molecule has 1 aromatic carbocycles. The third kappa shape index (κ3) is 1.76. The van der Waals surface area contributed by atoms with Crippen LogP contribution in [0.15, 0.2) is 29.3 Å². The van der Waals surface area contributed by atoms with Crippen molar-refractivity contribution in [3.05, 3.63) is 29.8 Å². The van der Waals surface area contributed by atoms with Gasteiger partial charge < -0.3 is 10.2 Å². The first kappa shape index (κ1) is 9.51. The number of rotatable bonds is 1. The van der Waals surface area contributed by atoms with E-state index in [1.54, 1.807) is 12.1 Å². The number of aliphatic imine (C=N–C) groups is 1. The number of amidine groups is 1. The molecule has 0 atom stereocenters. The van der Waals surface area contributed by atoms with Gasteiger partial charge in [0, 0.05) is 5.56 Å². The van der Waals surface area contributed by atoms with Crippen LogP contribution in [0.4, 0.5) is 4.79 Å². The molecule has 0 spiro atoms. The second-order valence-corrected chi connectivity index (χ2v) is 3.17. The molecule has 1 N–H and O–H groups in total. The van der Waals surface area contributed by atoms with Crippen LogP contribution in [-0.4, -0.2) is 35.0 Å². The van der Waals surface area contributed by atoms with Crippen LogP contribution in [0.1, 0.15) is 5.56 Å². The summed E-state index contributed by atoms with van der Waals surface area (Å²) in [6.07, 6.45) is -1.04. The molecule has 0 saturated carbocycles. The van der Waals surface area contributed by atoms with E-state index in [9.17, 15) is 9.90 Å². The Kier molecular flexibility index (Phi) is 2.29. The molecule has 0 saturated heterocycles. The van der Waals surface area contributed by atoms with Gasteiger partial charge >= 0.3 is 6.09 Å². The Morgan fingerprint density at radius 3 is 3.00 bits per heavy atom. The smallest absolute Gasteiger partial charge is 0.413 e. The van der Waals surface area contributed by atoms with Crippen molar-refractivity contribution in [3.8, 4) is 5.75 Å². The molecule has 1 aromatic rings. The predicted molar refractivity (Wildman–Crippen MR) is 52.0 cm³/mol. The third-order valence-corrected chi connectivity index (χ3v) is 2.16. The van der Waals surface area contributed by atoms with E-state index in [2.05, 4.69) is 4.99 Å². The minimum Gasteiger partial charge on any atom is -0.872 e. The van der Waals surface area contributed by atoms with E-state index in [4.69, 9.17) is 5.11 Å². The van der Waals surface area contributed by atoms with E-state index >= 15 is 0 Å². The molecular formula is C10H9N2O3-. The standard InChI is InChI=1S/C10H10N2O3/c13-8-3-1-2-7(6-8)9-11-4-5-12(9)10(14)15/h1-3,6,13H,4-5H2,(H,14,15)/p-1. The summed E-state index contributed by atoms with van der Waals surface area (Å²) in [6.45, 7) is 0.804. The van der Waals surface area contributed by atoms with E-state index in [1.165, 1.54) is 12.1 Å². The summed E-state index contributed by atoms with van der Waals surface area (Å²) in [6, 6.07) is 6.09. The van der Waals surface area contributed by atoms with Crippen molar-refractivity contribution in [2.24, 2.45) is 4.99 Å². The highest BCUT2D eigenvalue weighted by atomic mass is 16.4. The van der Waals surface area contributed by atoms with Crippen molar-refractivity contribution in [2.75, 3.05) is 13.1 Å². The van der Waals surface area contributed by atoms with Gasteiger partial charge in [-0.15, -0.1) is 5.75 Å². The van der Waals surface area contributed by atoms with Crippen molar-refractivity contribution in [2.45, 2.75) is 0 Å². The van der Waals surface area contributed by atoms with Crippen molar-refractivity contribution < 1.29 is 15.0 Å². The van der Waals surface area contributed by atoms with Crippen LogP contribution in [0.2, 0.25) is 0 Å². The van der Waals surface area contributed by atoms with Gasteiger partial charge in [-0.2, -0.15) is 0 Å². The molecule has 0 bridgehead atoms. The Morgan fingerprint density at radius 2 is 2.33 bits per heavy atom. The average molecular weight is 205 g/mol. The Balaban J connectivity index is 2.35. The first-order chi connectivity index (χ1) is 7.18. The first-order valence-electron chi connectivity index (χ1n) is 4.51. The molecule has 0 radical (unpaired) electrons. The van der Waals surface area contributed by atoms with Crippen molar-refractivity contribution in [1.29, 1.82) is 0 Å². The lowest BCUT2D eigenvalue weighted by Crippen LogP contribution is -2.33. The maximum Gasteiger partial charge on any atom is 0.413 e. The van der Waals surface area contributed by atoms with Crippen LogP contribution in [0.3, 0.4) is 0 Å². The lowest BCUT2D eigenvalue weighted by atomic mass is 10.2. The zero-order valence-corrected chi connectivity index (χ0v) is 7.88. The second-order valence-electron chi connectivity index (χ2n) is 3.17. The van der Waals surface area contributed by atoms with Gasteiger partial charge in [-0.05, 0) is 0 Å². The fraction of sp³-hybridized carbons (Fsp3) is 0.200.